The molecule has 1 fully saturated rings. The van der Waals surface area contributed by atoms with Gasteiger partial charge in [-0.1, -0.05) is 35.9 Å². The van der Waals surface area contributed by atoms with E-state index in [1.807, 2.05) is 36.1 Å². The van der Waals surface area contributed by atoms with E-state index in [0.29, 0.717) is 25.3 Å². The number of benzene rings is 1. The summed E-state index contributed by atoms with van der Waals surface area (Å²) in [5.74, 6) is -0.0215. The van der Waals surface area contributed by atoms with Crippen LogP contribution in [0.5, 0.6) is 0 Å². The number of aromatic amines is 1. The quantitative estimate of drug-likeness (QED) is 0.926. The van der Waals surface area contributed by atoms with E-state index < -0.39 is 0 Å². The Balaban J connectivity index is 1.74. The molecule has 1 aliphatic rings. The van der Waals surface area contributed by atoms with Crippen LogP contribution in [0.3, 0.4) is 0 Å². The van der Waals surface area contributed by atoms with Crippen LogP contribution in [0.25, 0.3) is 0 Å². The van der Waals surface area contributed by atoms with Crippen molar-refractivity contribution in [2.75, 3.05) is 24.5 Å². The molecule has 0 radical (unpaired) electrons. The van der Waals surface area contributed by atoms with Gasteiger partial charge in [-0.05, 0) is 18.1 Å². The lowest BCUT2D eigenvalue weighted by Crippen LogP contribution is -2.51. The van der Waals surface area contributed by atoms with E-state index in [1.54, 1.807) is 4.90 Å². The van der Waals surface area contributed by atoms with Crippen molar-refractivity contribution in [2.45, 2.75) is 13.5 Å². The maximum absolute atomic E-state index is 12.4. The zero-order chi connectivity index (χ0) is 16.4. The summed E-state index contributed by atoms with van der Waals surface area (Å²) in [5, 5.41) is 6.26. The predicted molar refractivity (Wildman–Crippen MR) is 88.7 cm³/mol. The van der Waals surface area contributed by atoms with Gasteiger partial charge in [0.25, 0.3) is 5.56 Å². The van der Waals surface area contributed by atoms with Crippen LogP contribution in [0.2, 0.25) is 5.02 Å². The normalized spacial score (nSPS) is 15.1. The average molecular weight is 333 g/mol. The Bertz CT molecular complexity index is 790. The zero-order valence-electron chi connectivity index (χ0n) is 12.8. The molecule has 1 amide bonds. The molecule has 23 heavy (non-hydrogen) atoms. The number of rotatable bonds is 3. The SMILES string of the molecule is Cc1ccccc1CN1CCN(c2c(Cl)cn[nH]c2=O)CC1=O. The molecule has 1 saturated heterocycles. The van der Waals surface area contributed by atoms with E-state index in [9.17, 15) is 9.59 Å². The lowest BCUT2D eigenvalue weighted by atomic mass is 10.1. The molecule has 0 atom stereocenters. The molecule has 6 nitrogen and oxygen atoms in total. The number of piperazine rings is 1. The van der Waals surface area contributed by atoms with Gasteiger partial charge in [0.15, 0.2) is 0 Å². The number of nitrogens with zero attached hydrogens (tertiary/aromatic N) is 3. The van der Waals surface area contributed by atoms with Crippen LogP contribution in [0.15, 0.2) is 35.3 Å². The van der Waals surface area contributed by atoms with Crippen LogP contribution in [0.4, 0.5) is 5.69 Å². The number of amides is 1. The fraction of sp³-hybridized carbons (Fsp3) is 0.312. The molecule has 2 heterocycles. The Morgan fingerprint density at radius 3 is 2.74 bits per heavy atom. The van der Waals surface area contributed by atoms with Gasteiger partial charge in [-0.15, -0.1) is 0 Å². The molecular weight excluding hydrogens is 316 g/mol. The Kier molecular flexibility index (Phi) is 4.34. The highest BCUT2D eigenvalue weighted by Crippen LogP contribution is 2.22. The highest BCUT2D eigenvalue weighted by molar-refractivity contribution is 6.33. The van der Waals surface area contributed by atoms with E-state index in [2.05, 4.69) is 10.2 Å². The first-order chi connectivity index (χ1) is 11.1. The molecule has 7 heteroatoms. The van der Waals surface area contributed by atoms with Crippen LogP contribution in [-0.2, 0) is 11.3 Å². The van der Waals surface area contributed by atoms with Crippen LogP contribution in [0, 0.1) is 6.92 Å². The maximum atomic E-state index is 12.4. The molecule has 0 bridgehead atoms. The molecule has 3 rings (SSSR count). The lowest BCUT2D eigenvalue weighted by Gasteiger charge is -2.35. The minimum atomic E-state index is -0.377. The van der Waals surface area contributed by atoms with Gasteiger partial charge < -0.3 is 9.80 Å². The number of nitrogens with one attached hydrogen (secondary N) is 1. The average Bonchev–Trinajstić information content (AvgIpc) is 2.52. The van der Waals surface area contributed by atoms with Crippen LogP contribution < -0.4 is 10.5 Å². The molecule has 1 aromatic carbocycles. The molecule has 0 aliphatic carbocycles. The summed E-state index contributed by atoms with van der Waals surface area (Å²) >= 11 is 6.05. The second kappa shape index (κ2) is 6.42. The molecule has 1 aliphatic heterocycles. The smallest absolute Gasteiger partial charge is 0.289 e. The highest BCUT2D eigenvalue weighted by atomic mass is 35.5. The first-order valence-corrected chi connectivity index (χ1v) is 7.74. The fourth-order valence-corrected chi connectivity index (χ4v) is 2.98. The van der Waals surface area contributed by atoms with Gasteiger partial charge in [-0.2, -0.15) is 5.10 Å². The van der Waals surface area contributed by atoms with E-state index in [-0.39, 0.29) is 23.0 Å². The van der Waals surface area contributed by atoms with Crippen molar-refractivity contribution >= 4 is 23.2 Å². The second-order valence-electron chi connectivity index (χ2n) is 5.56. The van der Waals surface area contributed by atoms with Crippen LogP contribution in [-0.4, -0.2) is 40.6 Å². The number of carbonyl (C=O) groups excluding carboxylic acids is 1. The topological polar surface area (TPSA) is 69.3 Å². The highest BCUT2D eigenvalue weighted by Gasteiger charge is 2.27. The number of aryl methyl sites for hydroxylation is 1. The van der Waals surface area contributed by atoms with Gasteiger partial charge in [0.05, 0.1) is 17.8 Å². The van der Waals surface area contributed by atoms with Gasteiger partial charge in [0.2, 0.25) is 5.91 Å². The summed E-state index contributed by atoms with van der Waals surface area (Å²) in [4.78, 5) is 27.8. The summed E-state index contributed by atoms with van der Waals surface area (Å²) in [5.41, 5.74) is 2.23. The van der Waals surface area contributed by atoms with E-state index in [1.165, 1.54) is 6.20 Å². The molecule has 2 aromatic rings. The largest absolute Gasteiger partial charge is 0.355 e. The second-order valence-corrected chi connectivity index (χ2v) is 5.97. The number of carbonyl (C=O) groups is 1. The van der Waals surface area contributed by atoms with Gasteiger partial charge in [0, 0.05) is 19.6 Å². The van der Waals surface area contributed by atoms with Gasteiger partial charge in [-0.25, -0.2) is 5.10 Å². The number of aromatic nitrogens is 2. The molecule has 1 N–H and O–H groups in total. The third-order valence-electron chi connectivity index (χ3n) is 4.04. The van der Waals surface area contributed by atoms with Crippen molar-refractivity contribution in [3.63, 3.8) is 0 Å². The molecule has 120 valence electrons. The number of halogens is 1. The third kappa shape index (κ3) is 3.22. The summed E-state index contributed by atoms with van der Waals surface area (Å²) < 4.78 is 0. The predicted octanol–water partition coefficient (Wildman–Crippen LogP) is 1.58. The molecule has 1 aromatic heterocycles. The van der Waals surface area contributed by atoms with Crippen molar-refractivity contribution in [1.29, 1.82) is 0 Å². The van der Waals surface area contributed by atoms with E-state index >= 15 is 0 Å². The zero-order valence-corrected chi connectivity index (χ0v) is 13.5. The molecule has 0 spiro atoms. The number of hydrogen-bond acceptors (Lipinski definition) is 4. The summed E-state index contributed by atoms with van der Waals surface area (Å²) in [7, 11) is 0. The van der Waals surface area contributed by atoms with Gasteiger partial charge >= 0.3 is 0 Å². The minimum Gasteiger partial charge on any atom is -0.355 e. The fourth-order valence-electron chi connectivity index (χ4n) is 2.72. The number of H-pyrrole nitrogens is 1. The Morgan fingerprint density at radius 2 is 2.04 bits per heavy atom. The van der Waals surface area contributed by atoms with Crippen molar-refractivity contribution < 1.29 is 4.79 Å². The Hall–Kier alpha value is -2.34. The van der Waals surface area contributed by atoms with Gasteiger partial charge in [0.1, 0.15) is 5.69 Å². The monoisotopic (exact) mass is 332 g/mol. The Labute approximate surface area is 138 Å². The summed E-state index contributed by atoms with van der Waals surface area (Å²) in [6.07, 6.45) is 1.38. The first kappa shape index (κ1) is 15.6. The van der Waals surface area contributed by atoms with Crippen molar-refractivity contribution in [2.24, 2.45) is 0 Å². The van der Waals surface area contributed by atoms with Crippen LogP contribution >= 0.6 is 11.6 Å². The molecular formula is C16H17ClN4O2. The van der Waals surface area contributed by atoms with E-state index in [4.69, 9.17) is 11.6 Å². The minimum absolute atomic E-state index is 0.0215. The third-order valence-corrected chi connectivity index (χ3v) is 4.32. The number of anilines is 1. The van der Waals surface area contributed by atoms with Crippen molar-refractivity contribution in [1.82, 2.24) is 15.1 Å². The lowest BCUT2D eigenvalue weighted by molar-refractivity contribution is -0.131. The van der Waals surface area contributed by atoms with Crippen LogP contribution in [0.1, 0.15) is 11.1 Å². The van der Waals surface area contributed by atoms with Gasteiger partial charge in [-0.3, -0.25) is 9.59 Å². The molecule has 0 unspecified atom stereocenters. The standard InChI is InChI=1S/C16H17ClN4O2/c1-11-4-2-3-5-12(11)9-20-6-7-21(10-14(20)22)15-13(17)8-18-19-16(15)23/h2-5,8H,6-7,9-10H2,1H3,(H,19,23). The maximum Gasteiger partial charge on any atom is 0.289 e. The van der Waals surface area contributed by atoms with E-state index in [0.717, 1.165) is 11.1 Å². The van der Waals surface area contributed by atoms with Crippen molar-refractivity contribution in [3.8, 4) is 0 Å². The Morgan fingerprint density at radius 1 is 1.26 bits per heavy atom. The summed E-state index contributed by atoms with van der Waals surface area (Å²) in [6.45, 7) is 3.86. The first-order valence-electron chi connectivity index (χ1n) is 7.36. The number of hydrogen-bond donors (Lipinski definition) is 1. The molecule has 0 saturated carbocycles. The van der Waals surface area contributed by atoms with Crippen molar-refractivity contribution in [3.05, 3.63) is 57.0 Å². The summed E-state index contributed by atoms with van der Waals surface area (Å²) in [6, 6.07) is 8.02.